The molecule has 0 aliphatic heterocycles. The molecule has 2 rings (SSSR count). The molecule has 0 amide bonds. The zero-order valence-corrected chi connectivity index (χ0v) is 8.19. The van der Waals surface area contributed by atoms with Crippen molar-refractivity contribution in [2.45, 2.75) is 12.8 Å². The van der Waals surface area contributed by atoms with E-state index in [9.17, 15) is 0 Å². The van der Waals surface area contributed by atoms with E-state index in [1.54, 1.807) is 12.0 Å². The molecule has 14 heavy (non-hydrogen) atoms. The fraction of sp³-hybridized carbons (Fsp3) is 0.600. The van der Waals surface area contributed by atoms with Crippen molar-refractivity contribution >= 4 is 15.7 Å². The Bertz CT molecular complexity index is 223. The van der Waals surface area contributed by atoms with E-state index in [1.807, 2.05) is 0 Å². The topological polar surface area (TPSA) is 40.5 Å². The summed E-state index contributed by atoms with van der Waals surface area (Å²) in [5, 5.41) is 16.8. The van der Waals surface area contributed by atoms with Gasteiger partial charge in [-0.05, 0) is 12.8 Å². The second kappa shape index (κ2) is 5.42. The molecule has 2 aliphatic rings. The Morgan fingerprint density at radius 2 is 1.36 bits per heavy atom. The molecular formula is C10H14B2O2. The summed E-state index contributed by atoms with van der Waals surface area (Å²) in [6, 6.07) is 0. The maximum atomic E-state index is 8.41. The van der Waals surface area contributed by atoms with E-state index in [0.29, 0.717) is 11.8 Å². The summed E-state index contributed by atoms with van der Waals surface area (Å²) in [5.74, 6) is 3.98. The van der Waals surface area contributed by atoms with E-state index in [4.69, 9.17) is 25.9 Å². The standard InChI is InChI=1S/2C5H7BO/c2*6-2-4-1-5(4)3-7/h2*2,5,7H,1,3H2/b4-2+;4-2-. The lowest BCUT2D eigenvalue weighted by Crippen LogP contribution is -1.80. The van der Waals surface area contributed by atoms with Crippen LogP contribution in [-0.4, -0.2) is 39.1 Å². The third kappa shape index (κ3) is 3.35. The lowest BCUT2D eigenvalue weighted by atomic mass is 10.1. The Morgan fingerprint density at radius 1 is 1.00 bits per heavy atom. The van der Waals surface area contributed by atoms with E-state index in [2.05, 4.69) is 0 Å². The maximum absolute atomic E-state index is 8.41. The molecule has 2 aliphatic carbocycles. The molecule has 2 N–H and O–H groups in total. The molecule has 0 bridgehead atoms. The highest BCUT2D eigenvalue weighted by atomic mass is 16.3. The molecule has 2 unspecified atom stereocenters. The van der Waals surface area contributed by atoms with Gasteiger partial charge in [0.15, 0.2) is 0 Å². The first kappa shape index (κ1) is 11.6. The summed E-state index contributed by atoms with van der Waals surface area (Å²) < 4.78 is 0. The Kier molecular flexibility index (Phi) is 4.49. The lowest BCUT2D eigenvalue weighted by Gasteiger charge is -1.76. The monoisotopic (exact) mass is 188 g/mol. The molecule has 0 spiro atoms. The fourth-order valence-corrected chi connectivity index (χ4v) is 1.22. The van der Waals surface area contributed by atoms with Gasteiger partial charge in [-0.25, -0.2) is 0 Å². The average molecular weight is 188 g/mol. The Morgan fingerprint density at radius 3 is 1.43 bits per heavy atom. The number of aliphatic hydroxyl groups excluding tert-OH is 2. The first-order valence-corrected chi connectivity index (χ1v) is 4.79. The summed E-state index contributed by atoms with van der Waals surface area (Å²) in [6.07, 6.45) is 2.01. The fourth-order valence-electron chi connectivity index (χ4n) is 1.22. The van der Waals surface area contributed by atoms with Crippen molar-refractivity contribution in [2.75, 3.05) is 13.2 Å². The Hall–Kier alpha value is -0.470. The van der Waals surface area contributed by atoms with Crippen molar-refractivity contribution in [3.8, 4) is 0 Å². The van der Waals surface area contributed by atoms with Gasteiger partial charge >= 0.3 is 0 Å². The highest BCUT2D eigenvalue weighted by Gasteiger charge is 2.26. The predicted molar refractivity (Wildman–Crippen MR) is 58.1 cm³/mol. The minimum Gasteiger partial charge on any atom is -0.396 e. The van der Waals surface area contributed by atoms with Crippen molar-refractivity contribution < 1.29 is 10.2 Å². The third-order valence-corrected chi connectivity index (χ3v) is 2.56. The summed E-state index contributed by atoms with van der Waals surface area (Å²) in [7, 11) is 10.3. The van der Waals surface area contributed by atoms with Crippen molar-refractivity contribution in [2.24, 2.45) is 11.8 Å². The van der Waals surface area contributed by atoms with E-state index >= 15 is 0 Å². The smallest absolute Gasteiger partial charge is 0.102 e. The van der Waals surface area contributed by atoms with Crippen LogP contribution in [0.25, 0.3) is 0 Å². The average Bonchev–Trinajstić information content (AvgIpc) is 3.12. The first-order chi connectivity index (χ1) is 6.76. The minimum absolute atomic E-state index is 0.267. The van der Waals surface area contributed by atoms with Crippen LogP contribution >= 0.6 is 0 Å². The molecule has 72 valence electrons. The van der Waals surface area contributed by atoms with Gasteiger partial charge in [0.05, 0.1) is 0 Å². The second-order valence-electron chi connectivity index (χ2n) is 3.65. The van der Waals surface area contributed by atoms with Gasteiger partial charge in [0.2, 0.25) is 0 Å². The molecule has 2 nitrogen and oxygen atoms in total. The van der Waals surface area contributed by atoms with Crippen LogP contribution in [-0.2, 0) is 0 Å². The summed E-state index contributed by atoms with van der Waals surface area (Å²) in [5.41, 5.74) is 2.39. The van der Waals surface area contributed by atoms with E-state index in [0.717, 1.165) is 12.8 Å². The molecule has 0 aromatic carbocycles. The highest BCUT2D eigenvalue weighted by molar-refractivity contribution is 6.18. The van der Waals surface area contributed by atoms with Crippen LogP contribution in [0.15, 0.2) is 23.1 Å². The largest absolute Gasteiger partial charge is 0.396 e. The van der Waals surface area contributed by atoms with Gasteiger partial charge in [-0.1, -0.05) is 11.1 Å². The van der Waals surface area contributed by atoms with Gasteiger partial charge in [-0.2, -0.15) is 0 Å². The molecule has 4 heteroatoms. The zero-order valence-electron chi connectivity index (χ0n) is 8.19. The van der Waals surface area contributed by atoms with Crippen LogP contribution in [0, 0.1) is 11.8 Å². The number of aliphatic hydroxyl groups is 2. The number of rotatable bonds is 2. The normalized spacial score (nSPS) is 33.9. The molecule has 0 saturated heterocycles. The first-order valence-electron chi connectivity index (χ1n) is 4.79. The molecule has 0 heterocycles. The SMILES string of the molecule is [B]/C=C1/CC1CO.[B]/C=C1\CC1CO. The minimum atomic E-state index is 0.267. The van der Waals surface area contributed by atoms with Crippen LogP contribution < -0.4 is 0 Å². The summed E-state index contributed by atoms with van der Waals surface area (Å²) >= 11 is 0. The van der Waals surface area contributed by atoms with Crippen LogP contribution in [0.5, 0.6) is 0 Å². The van der Waals surface area contributed by atoms with Crippen molar-refractivity contribution in [3.05, 3.63) is 23.1 Å². The van der Waals surface area contributed by atoms with Gasteiger partial charge in [0.1, 0.15) is 15.7 Å². The van der Waals surface area contributed by atoms with Crippen LogP contribution in [0.2, 0.25) is 0 Å². The van der Waals surface area contributed by atoms with Gasteiger partial charge in [0.25, 0.3) is 0 Å². The van der Waals surface area contributed by atoms with Crippen LogP contribution in [0.4, 0.5) is 0 Å². The maximum Gasteiger partial charge on any atom is 0.102 e. The number of hydrogen-bond donors (Lipinski definition) is 2. The molecule has 0 aromatic rings. The van der Waals surface area contributed by atoms with Crippen molar-refractivity contribution in [3.63, 3.8) is 0 Å². The summed E-state index contributed by atoms with van der Waals surface area (Å²) in [6.45, 7) is 0.534. The van der Waals surface area contributed by atoms with Crippen LogP contribution in [0.1, 0.15) is 12.8 Å². The van der Waals surface area contributed by atoms with Gasteiger partial charge in [-0.3, -0.25) is 0 Å². The number of hydrogen-bond acceptors (Lipinski definition) is 2. The molecule has 4 radical (unpaired) electrons. The highest BCUT2D eigenvalue weighted by Crippen LogP contribution is 2.36. The lowest BCUT2D eigenvalue weighted by molar-refractivity contribution is 0.281. The van der Waals surface area contributed by atoms with Gasteiger partial charge in [-0.15, -0.1) is 12.0 Å². The summed E-state index contributed by atoms with van der Waals surface area (Å²) in [4.78, 5) is 0. The molecule has 2 atom stereocenters. The quantitative estimate of drug-likeness (QED) is 0.603. The van der Waals surface area contributed by atoms with E-state index in [-0.39, 0.29) is 13.2 Å². The zero-order chi connectivity index (χ0) is 10.6. The molecule has 2 fully saturated rings. The van der Waals surface area contributed by atoms with Gasteiger partial charge < -0.3 is 10.2 Å². The molecular weight excluding hydrogens is 174 g/mol. The Labute approximate surface area is 87.5 Å². The molecule has 0 aromatic heterocycles. The van der Waals surface area contributed by atoms with Crippen LogP contribution in [0.3, 0.4) is 0 Å². The van der Waals surface area contributed by atoms with Crippen molar-refractivity contribution in [1.29, 1.82) is 0 Å². The predicted octanol–water partition coefficient (Wildman–Crippen LogP) is 0.102. The van der Waals surface area contributed by atoms with E-state index < -0.39 is 0 Å². The second-order valence-corrected chi connectivity index (χ2v) is 3.65. The Balaban J connectivity index is 0.000000140. The van der Waals surface area contributed by atoms with E-state index in [1.165, 1.54) is 11.1 Å². The third-order valence-electron chi connectivity index (χ3n) is 2.56. The van der Waals surface area contributed by atoms with Gasteiger partial charge in [0, 0.05) is 25.0 Å². The van der Waals surface area contributed by atoms with Crippen molar-refractivity contribution in [1.82, 2.24) is 0 Å². The molecule has 2 saturated carbocycles.